The van der Waals surface area contributed by atoms with Crippen LogP contribution in [0.2, 0.25) is 0 Å². The number of ether oxygens (including phenoxy) is 2. The van der Waals surface area contributed by atoms with Crippen LogP contribution in [0.15, 0.2) is 30.6 Å². The molecular weight excluding hydrogens is 402 g/mol. The SMILES string of the molecule is CCOc1ccc(NC(=O)N(C)[C@@H]2CCCN(c3nccc(NC(=O)OC)n3)C2)nc1. The molecule has 3 rings (SSSR count). The third-order valence-electron chi connectivity index (χ3n) is 4.89. The molecule has 3 amide bonds. The lowest BCUT2D eigenvalue weighted by Crippen LogP contribution is -2.50. The summed E-state index contributed by atoms with van der Waals surface area (Å²) in [5.74, 6) is 1.95. The lowest BCUT2D eigenvalue weighted by Gasteiger charge is -2.37. The third-order valence-corrected chi connectivity index (χ3v) is 4.89. The molecule has 0 saturated carbocycles. The Morgan fingerprint density at radius 3 is 2.77 bits per heavy atom. The van der Waals surface area contributed by atoms with Gasteiger partial charge in [0.25, 0.3) is 0 Å². The molecule has 1 aliphatic rings. The minimum Gasteiger partial charge on any atom is -0.492 e. The highest BCUT2D eigenvalue weighted by molar-refractivity contribution is 5.88. The minimum atomic E-state index is -0.597. The Morgan fingerprint density at radius 2 is 2.06 bits per heavy atom. The van der Waals surface area contributed by atoms with Crippen LogP contribution in [-0.2, 0) is 4.74 Å². The number of methoxy groups -OCH3 is 1. The Morgan fingerprint density at radius 1 is 1.23 bits per heavy atom. The molecule has 3 heterocycles. The van der Waals surface area contributed by atoms with Crippen LogP contribution in [0, 0.1) is 0 Å². The summed E-state index contributed by atoms with van der Waals surface area (Å²) < 4.78 is 9.96. The highest BCUT2D eigenvalue weighted by Crippen LogP contribution is 2.21. The minimum absolute atomic E-state index is 0.0303. The first-order valence-electron chi connectivity index (χ1n) is 10.1. The smallest absolute Gasteiger partial charge is 0.412 e. The molecule has 2 aromatic rings. The van der Waals surface area contributed by atoms with Gasteiger partial charge in [0, 0.05) is 26.3 Å². The van der Waals surface area contributed by atoms with E-state index in [1.165, 1.54) is 7.11 Å². The van der Waals surface area contributed by atoms with Crippen molar-refractivity contribution in [2.24, 2.45) is 0 Å². The van der Waals surface area contributed by atoms with E-state index < -0.39 is 6.09 Å². The van der Waals surface area contributed by atoms with E-state index >= 15 is 0 Å². The Hall–Kier alpha value is -3.63. The first-order valence-corrected chi connectivity index (χ1v) is 10.1. The standard InChI is InChI=1S/C20H27N7O4/c1-4-31-15-7-8-16(22-12-15)24-19(28)26(2)14-6-5-11-27(13-14)18-21-10-9-17(23-18)25-20(29)30-3/h7-10,12,14H,4-6,11,13H2,1-3H3,(H,22,24,28)(H,21,23,25,29)/t14-/m1/s1. The van der Waals surface area contributed by atoms with Crippen molar-refractivity contribution in [3.8, 4) is 5.75 Å². The molecule has 1 fully saturated rings. The van der Waals surface area contributed by atoms with Crippen LogP contribution >= 0.6 is 0 Å². The molecule has 31 heavy (non-hydrogen) atoms. The van der Waals surface area contributed by atoms with E-state index in [1.807, 2.05) is 11.8 Å². The van der Waals surface area contributed by atoms with Crippen molar-refractivity contribution in [3.05, 3.63) is 30.6 Å². The van der Waals surface area contributed by atoms with Crippen LogP contribution in [0.5, 0.6) is 5.75 Å². The molecule has 0 radical (unpaired) electrons. The first kappa shape index (κ1) is 22.1. The van der Waals surface area contributed by atoms with Gasteiger partial charge in [-0.3, -0.25) is 10.6 Å². The maximum absolute atomic E-state index is 12.7. The molecule has 0 aliphatic carbocycles. The molecule has 1 atom stereocenters. The Kier molecular flexibility index (Phi) is 7.41. The van der Waals surface area contributed by atoms with Crippen molar-refractivity contribution in [2.75, 3.05) is 49.4 Å². The summed E-state index contributed by atoms with van der Waals surface area (Å²) in [4.78, 5) is 40.7. The number of urea groups is 1. The van der Waals surface area contributed by atoms with E-state index in [0.29, 0.717) is 36.5 Å². The van der Waals surface area contributed by atoms with Crippen LogP contribution in [0.4, 0.5) is 27.2 Å². The number of likely N-dealkylation sites (N-methyl/N-ethyl adjacent to an activating group) is 1. The number of carbonyl (C=O) groups is 2. The Bertz CT molecular complexity index is 893. The van der Waals surface area contributed by atoms with Gasteiger partial charge in [-0.25, -0.2) is 19.6 Å². The summed E-state index contributed by atoms with van der Waals surface area (Å²) in [5.41, 5.74) is 0. The van der Waals surface area contributed by atoms with Crippen molar-refractivity contribution >= 4 is 29.7 Å². The number of nitrogens with zero attached hydrogens (tertiary/aromatic N) is 5. The lowest BCUT2D eigenvalue weighted by atomic mass is 10.1. The molecule has 0 spiro atoms. The van der Waals surface area contributed by atoms with Crippen LogP contribution in [-0.4, -0.2) is 71.9 Å². The number of rotatable bonds is 6. The quantitative estimate of drug-likeness (QED) is 0.719. The molecule has 11 heteroatoms. The summed E-state index contributed by atoms with van der Waals surface area (Å²) in [6.07, 6.45) is 4.29. The van der Waals surface area contributed by atoms with Gasteiger partial charge in [-0.2, -0.15) is 4.98 Å². The molecule has 0 bridgehead atoms. The van der Waals surface area contributed by atoms with Crippen LogP contribution in [0.25, 0.3) is 0 Å². The number of piperidine rings is 1. The second-order valence-corrected chi connectivity index (χ2v) is 6.95. The summed E-state index contributed by atoms with van der Waals surface area (Å²) in [7, 11) is 3.05. The molecule has 0 unspecified atom stereocenters. The number of amides is 3. The van der Waals surface area contributed by atoms with Gasteiger partial charge in [0.2, 0.25) is 5.95 Å². The fourth-order valence-electron chi connectivity index (χ4n) is 3.25. The average molecular weight is 429 g/mol. The van der Waals surface area contributed by atoms with Crippen molar-refractivity contribution in [2.45, 2.75) is 25.8 Å². The topological polar surface area (TPSA) is 122 Å². The summed E-state index contributed by atoms with van der Waals surface area (Å²) >= 11 is 0. The molecule has 166 valence electrons. The number of aromatic nitrogens is 3. The second-order valence-electron chi connectivity index (χ2n) is 6.95. The Labute approximate surface area is 180 Å². The monoisotopic (exact) mass is 429 g/mol. The van der Waals surface area contributed by atoms with Crippen LogP contribution in [0.3, 0.4) is 0 Å². The van der Waals surface area contributed by atoms with Crippen molar-refractivity contribution in [1.29, 1.82) is 0 Å². The predicted molar refractivity (Wildman–Crippen MR) is 115 cm³/mol. The fourth-order valence-corrected chi connectivity index (χ4v) is 3.25. The van der Waals surface area contributed by atoms with Crippen molar-refractivity contribution in [1.82, 2.24) is 19.9 Å². The predicted octanol–water partition coefficient (Wildman–Crippen LogP) is 2.58. The largest absolute Gasteiger partial charge is 0.492 e. The molecule has 0 aromatic carbocycles. The van der Waals surface area contributed by atoms with Gasteiger partial charge < -0.3 is 19.3 Å². The van der Waals surface area contributed by atoms with E-state index in [-0.39, 0.29) is 12.1 Å². The van der Waals surface area contributed by atoms with E-state index in [9.17, 15) is 9.59 Å². The van der Waals surface area contributed by atoms with Gasteiger partial charge >= 0.3 is 12.1 Å². The molecule has 11 nitrogen and oxygen atoms in total. The van der Waals surface area contributed by atoms with E-state index in [1.54, 1.807) is 42.5 Å². The maximum atomic E-state index is 12.7. The number of pyridine rings is 1. The number of nitrogens with one attached hydrogen (secondary N) is 2. The van der Waals surface area contributed by atoms with Gasteiger partial charge in [0.15, 0.2) is 0 Å². The van der Waals surface area contributed by atoms with Gasteiger partial charge in [0.05, 0.1) is 26.0 Å². The zero-order valence-corrected chi connectivity index (χ0v) is 17.9. The number of hydrogen-bond acceptors (Lipinski definition) is 8. The van der Waals surface area contributed by atoms with Gasteiger partial charge in [-0.15, -0.1) is 0 Å². The fraction of sp³-hybridized carbons (Fsp3) is 0.450. The highest BCUT2D eigenvalue weighted by Gasteiger charge is 2.27. The molecular formula is C20H27N7O4. The summed E-state index contributed by atoms with van der Waals surface area (Å²) in [6.45, 7) is 3.78. The normalized spacial score (nSPS) is 15.7. The van der Waals surface area contributed by atoms with E-state index in [2.05, 4.69) is 30.3 Å². The van der Waals surface area contributed by atoms with Crippen LogP contribution < -0.4 is 20.3 Å². The Balaban J connectivity index is 1.61. The highest BCUT2D eigenvalue weighted by atomic mass is 16.5. The number of anilines is 3. The molecule has 2 aromatic heterocycles. The zero-order valence-electron chi connectivity index (χ0n) is 17.9. The van der Waals surface area contributed by atoms with E-state index in [4.69, 9.17) is 4.74 Å². The summed E-state index contributed by atoms with van der Waals surface area (Å²) in [6, 6.07) is 4.78. The third kappa shape index (κ3) is 5.93. The molecule has 1 aliphatic heterocycles. The number of carbonyl (C=O) groups excluding carboxylic acids is 2. The summed E-state index contributed by atoms with van der Waals surface area (Å²) in [5, 5.41) is 5.34. The second kappa shape index (κ2) is 10.4. The molecule has 1 saturated heterocycles. The zero-order chi connectivity index (χ0) is 22.2. The van der Waals surface area contributed by atoms with Crippen molar-refractivity contribution < 1.29 is 19.1 Å². The lowest BCUT2D eigenvalue weighted by molar-refractivity contribution is 0.186. The number of hydrogen-bond donors (Lipinski definition) is 2. The van der Waals surface area contributed by atoms with Gasteiger partial charge in [0.1, 0.15) is 17.4 Å². The maximum Gasteiger partial charge on any atom is 0.412 e. The first-order chi connectivity index (χ1) is 15.0. The van der Waals surface area contributed by atoms with Crippen molar-refractivity contribution in [3.63, 3.8) is 0 Å². The molecule has 2 N–H and O–H groups in total. The average Bonchev–Trinajstić information content (AvgIpc) is 2.80. The van der Waals surface area contributed by atoms with Crippen LogP contribution in [0.1, 0.15) is 19.8 Å². The van der Waals surface area contributed by atoms with Gasteiger partial charge in [-0.05, 0) is 38.0 Å². The van der Waals surface area contributed by atoms with Gasteiger partial charge in [-0.1, -0.05) is 0 Å². The van der Waals surface area contributed by atoms with E-state index in [0.717, 1.165) is 19.4 Å².